The fraction of sp³-hybridized carbons (Fsp3) is 0.917. The maximum absolute atomic E-state index is 12.8. The Morgan fingerprint density at radius 2 is 1.37 bits per heavy atom. The molecule has 0 heterocycles. The van der Waals surface area contributed by atoms with Crippen LogP contribution in [0.5, 0.6) is 0 Å². The van der Waals surface area contributed by atoms with Crippen LogP contribution in [0.4, 0.5) is 22.0 Å². The third kappa shape index (κ3) is 6.20. The van der Waals surface area contributed by atoms with Crippen molar-refractivity contribution in [3.63, 3.8) is 0 Å². The van der Waals surface area contributed by atoms with Crippen molar-refractivity contribution in [3.8, 4) is 0 Å². The second kappa shape index (κ2) is 7.65. The zero-order valence-electron chi connectivity index (χ0n) is 11.2. The Kier molecular flexibility index (Phi) is 7.29. The second-order valence-corrected chi connectivity index (χ2v) is 4.47. The quantitative estimate of drug-likeness (QED) is 0.618. The summed E-state index contributed by atoms with van der Waals surface area (Å²) in [6.45, 7) is 4.16. The summed E-state index contributed by atoms with van der Waals surface area (Å²) >= 11 is 0. The van der Waals surface area contributed by atoms with Gasteiger partial charge in [-0.25, -0.2) is 0 Å². The highest BCUT2D eigenvalue weighted by Gasteiger charge is 2.58. The standard InChI is InChI=1S/C12H20F5NO/c1-3-5-7-18(8-6-4-2)10(19)9-11(13,14)12(15,16)17/h3-9H2,1-2H3. The molecule has 0 unspecified atom stereocenters. The molecule has 0 aromatic rings. The van der Waals surface area contributed by atoms with E-state index >= 15 is 0 Å². The SMILES string of the molecule is CCCCN(CCCC)C(=O)CC(F)(F)C(F)(F)F. The highest BCUT2D eigenvalue weighted by Crippen LogP contribution is 2.38. The number of rotatable bonds is 8. The van der Waals surface area contributed by atoms with E-state index < -0.39 is 24.4 Å². The lowest BCUT2D eigenvalue weighted by molar-refractivity contribution is -0.282. The van der Waals surface area contributed by atoms with Crippen LogP contribution in [-0.2, 0) is 4.79 Å². The average Bonchev–Trinajstić information content (AvgIpc) is 2.27. The van der Waals surface area contributed by atoms with Crippen LogP contribution in [0, 0.1) is 0 Å². The van der Waals surface area contributed by atoms with Gasteiger partial charge in [0.15, 0.2) is 0 Å². The molecule has 0 aliphatic heterocycles. The molecule has 0 rings (SSSR count). The number of halogens is 5. The van der Waals surface area contributed by atoms with Gasteiger partial charge in [-0.15, -0.1) is 0 Å². The lowest BCUT2D eigenvalue weighted by Gasteiger charge is -2.26. The molecule has 7 heteroatoms. The minimum absolute atomic E-state index is 0.225. The monoisotopic (exact) mass is 289 g/mol. The van der Waals surface area contributed by atoms with E-state index in [1.165, 1.54) is 0 Å². The Labute approximate surface area is 110 Å². The van der Waals surface area contributed by atoms with Crippen LogP contribution in [0.25, 0.3) is 0 Å². The van der Waals surface area contributed by atoms with Crippen LogP contribution >= 0.6 is 0 Å². The highest BCUT2D eigenvalue weighted by molar-refractivity contribution is 5.77. The number of hydrogen-bond donors (Lipinski definition) is 0. The molecule has 0 bridgehead atoms. The van der Waals surface area contributed by atoms with Crippen molar-refractivity contribution in [3.05, 3.63) is 0 Å². The first kappa shape index (κ1) is 18.1. The van der Waals surface area contributed by atoms with Gasteiger partial charge in [0.05, 0.1) is 0 Å². The third-order valence-electron chi connectivity index (χ3n) is 2.70. The second-order valence-electron chi connectivity index (χ2n) is 4.47. The lowest BCUT2D eigenvalue weighted by Crippen LogP contribution is -2.43. The molecule has 114 valence electrons. The Hall–Kier alpha value is -0.880. The average molecular weight is 289 g/mol. The van der Waals surface area contributed by atoms with Gasteiger partial charge in [0, 0.05) is 13.1 Å². The Balaban J connectivity index is 4.62. The van der Waals surface area contributed by atoms with Crippen molar-refractivity contribution >= 4 is 5.91 Å². The predicted octanol–water partition coefficient (Wildman–Crippen LogP) is 4.00. The highest BCUT2D eigenvalue weighted by atomic mass is 19.4. The molecule has 0 aromatic heterocycles. The zero-order valence-corrected chi connectivity index (χ0v) is 11.2. The van der Waals surface area contributed by atoms with Gasteiger partial charge >= 0.3 is 12.1 Å². The van der Waals surface area contributed by atoms with E-state index in [0.717, 1.165) is 17.7 Å². The first-order valence-corrected chi connectivity index (χ1v) is 6.38. The summed E-state index contributed by atoms with van der Waals surface area (Å²) in [7, 11) is 0. The lowest BCUT2D eigenvalue weighted by atomic mass is 10.2. The van der Waals surface area contributed by atoms with Gasteiger partial charge in [-0.2, -0.15) is 22.0 Å². The summed E-state index contributed by atoms with van der Waals surface area (Å²) in [5, 5.41) is 0. The van der Waals surface area contributed by atoms with E-state index in [1.807, 2.05) is 13.8 Å². The molecule has 0 saturated heterocycles. The number of hydrogen-bond acceptors (Lipinski definition) is 1. The molecule has 1 amide bonds. The largest absolute Gasteiger partial charge is 0.453 e. The smallest absolute Gasteiger partial charge is 0.343 e. The fourth-order valence-corrected chi connectivity index (χ4v) is 1.46. The van der Waals surface area contributed by atoms with Crippen LogP contribution in [-0.4, -0.2) is 36.0 Å². The minimum Gasteiger partial charge on any atom is -0.343 e. The van der Waals surface area contributed by atoms with Crippen LogP contribution in [0.2, 0.25) is 0 Å². The van der Waals surface area contributed by atoms with E-state index in [9.17, 15) is 26.7 Å². The van der Waals surface area contributed by atoms with E-state index in [4.69, 9.17) is 0 Å². The normalized spacial score (nSPS) is 12.6. The molecule has 0 aromatic carbocycles. The molecule has 0 aliphatic rings. The topological polar surface area (TPSA) is 20.3 Å². The van der Waals surface area contributed by atoms with E-state index in [2.05, 4.69) is 0 Å². The first-order valence-electron chi connectivity index (χ1n) is 6.38. The van der Waals surface area contributed by atoms with E-state index in [0.29, 0.717) is 12.8 Å². The molecule has 0 spiro atoms. The number of carbonyl (C=O) groups excluding carboxylic acids is 1. The minimum atomic E-state index is -5.68. The number of amides is 1. The van der Waals surface area contributed by atoms with Crippen LogP contribution in [0.3, 0.4) is 0 Å². The fourth-order valence-electron chi connectivity index (χ4n) is 1.46. The molecule has 0 N–H and O–H groups in total. The van der Waals surface area contributed by atoms with Gasteiger partial charge in [0.25, 0.3) is 0 Å². The van der Waals surface area contributed by atoms with E-state index in [-0.39, 0.29) is 13.1 Å². The van der Waals surface area contributed by atoms with Crippen LogP contribution in [0.1, 0.15) is 46.0 Å². The molecule has 0 fully saturated rings. The van der Waals surface area contributed by atoms with Crippen molar-refractivity contribution < 1.29 is 26.7 Å². The number of alkyl halides is 5. The number of nitrogens with zero attached hydrogens (tertiary/aromatic N) is 1. The summed E-state index contributed by atoms with van der Waals surface area (Å²) in [5.74, 6) is -6.09. The Morgan fingerprint density at radius 3 is 1.68 bits per heavy atom. The maximum Gasteiger partial charge on any atom is 0.453 e. The summed E-state index contributed by atoms with van der Waals surface area (Å²) in [6.07, 6.45) is -4.81. The van der Waals surface area contributed by atoms with Crippen molar-refractivity contribution in [2.75, 3.05) is 13.1 Å². The molecule has 0 atom stereocenters. The summed E-state index contributed by atoms with van der Waals surface area (Å²) in [6, 6.07) is 0. The van der Waals surface area contributed by atoms with Gasteiger partial charge in [-0.05, 0) is 12.8 Å². The van der Waals surface area contributed by atoms with Crippen LogP contribution < -0.4 is 0 Å². The molecule has 0 radical (unpaired) electrons. The Morgan fingerprint density at radius 1 is 0.947 bits per heavy atom. The van der Waals surface area contributed by atoms with Gasteiger partial charge in [-0.3, -0.25) is 4.79 Å². The van der Waals surface area contributed by atoms with Gasteiger partial charge < -0.3 is 4.90 Å². The molecular weight excluding hydrogens is 269 g/mol. The van der Waals surface area contributed by atoms with Gasteiger partial charge in [0.1, 0.15) is 6.42 Å². The summed E-state index contributed by atoms with van der Waals surface area (Å²) in [4.78, 5) is 12.7. The van der Waals surface area contributed by atoms with Crippen molar-refractivity contribution in [2.45, 2.75) is 58.1 Å². The predicted molar refractivity (Wildman–Crippen MR) is 62.0 cm³/mol. The summed E-state index contributed by atoms with van der Waals surface area (Å²) < 4.78 is 61.7. The Bertz CT molecular complexity index is 270. The van der Waals surface area contributed by atoms with Gasteiger partial charge in [-0.1, -0.05) is 26.7 Å². The molecule has 2 nitrogen and oxygen atoms in total. The first-order chi connectivity index (χ1) is 8.65. The van der Waals surface area contributed by atoms with Crippen molar-refractivity contribution in [1.82, 2.24) is 4.90 Å². The van der Waals surface area contributed by atoms with Crippen LogP contribution in [0.15, 0.2) is 0 Å². The van der Waals surface area contributed by atoms with Gasteiger partial charge in [0.2, 0.25) is 5.91 Å². The molecule has 0 aliphatic carbocycles. The zero-order chi connectivity index (χ0) is 15.1. The molecule has 19 heavy (non-hydrogen) atoms. The maximum atomic E-state index is 12.8. The molecule has 0 saturated carbocycles. The third-order valence-corrected chi connectivity index (χ3v) is 2.70. The van der Waals surface area contributed by atoms with E-state index in [1.54, 1.807) is 0 Å². The molecular formula is C12H20F5NO. The number of unbranched alkanes of at least 4 members (excludes halogenated alkanes) is 2. The number of carbonyl (C=O) groups is 1. The van der Waals surface area contributed by atoms with Crippen molar-refractivity contribution in [2.24, 2.45) is 0 Å². The van der Waals surface area contributed by atoms with Crippen molar-refractivity contribution in [1.29, 1.82) is 0 Å². The summed E-state index contributed by atoms with van der Waals surface area (Å²) in [5.41, 5.74) is 0.